The van der Waals surface area contributed by atoms with Crippen LogP contribution in [0, 0.1) is 6.92 Å². The van der Waals surface area contributed by atoms with Gasteiger partial charge in [0.2, 0.25) is 5.91 Å². The Labute approximate surface area is 182 Å². The normalized spacial score (nSPS) is 24.7. The van der Waals surface area contributed by atoms with Crippen LogP contribution in [-0.4, -0.2) is 80.9 Å². The predicted molar refractivity (Wildman–Crippen MR) is 117 cm³/mol. The van der Waals surface area contributed by atoms with E-state index in [1.54, 1.807) is 17.7 Å². The van der Waals surface area contributed by atoms with E-state index in [4.69, 9.17) is 0 Å². The molecular weight excluding hydrogens is 394 g/mol. The molecule has 2 aliphatic rings. The molecule has 166 valence electrons. The topological polar surface area (TPSA) is 90.7 Å². The Morgan fingerprint density at radius 1 is 1.10 bits per heavy atom. The smallest absolute Gasteiger partial charge is 0.272 e. The van der Waals surface area contributed by atoms with E-state index < -0.39 is 6.10 Å². The summed E-state index contributed by atoms with van der Waals surface area (Å²) in [5.41, 5.74) is 2.13. The van der Waals surface area contributed by atoms with Crippen LogP contribution in [0.3, 0.4) is 0 Å². The molecule has 2 aromatic rings. The Morgan fingerprint density at radius 3 is 2.48 bits per heavy atom. The van der Waals surface area contributed by atoms with E-state index in [2.05, 4.69) is 15.3 Å². The summed E-state index contributed by atoms with van der Waals surface area (Å²) in [6, 6.07) is 11.2. The van der Waals surface area contributed by atoms with Crippen molar-refractivity contribution in [3.05, 3.63) is 47.8 Å². The summed E-state index contributed by atoms with van der Waals surface area (Å²) >= 11 is 0. The van der Waals surface area contributed by atoms with Crippen LogP contribution in [0.15, 0.2) is 36.4 Å². The zero-order chi connectivity index (χ0) is 22.0. The number of hydrogen-bond acceptors (Lipinski definition) is 5. The molecule has 1 aliphatic heterocycles. The quantitative estimate of drug-likeness (QED) is 0.772. The molecule has 3 atom stereocenters. The number of aryl methyl sites for hydroxylation is 1. The Hall–Kier alpha value is -2.71. The van der Waals surface area contributed by atoms with E-state index in [-0.39, 0.29) is 23.9 Å². The minimum absolute atomic E-state index is 0.00299. The van der Waals surface area contributed by atoms with E-state index in [0.29, 0.717) is 18.8 Å². The van der Waals surface area contributed by atoms with E-state index in [1.165, 1.54) is 0 Å². The number of aliphatic hydroxyl groups is 1. The lowest BCUT2D eigenvalue weighted by atomic mass is 9.86. The van der Waals surface area contributed by atoms with Gasteiger partial charge in [-0.1, -0.05) is 18.2 Å². The lowest BCUT2D eigenvalue weighted by Crippen LogP contribution is -2.60. The Bertz CT molecular complexity index is 921. The summed E-state index contributed by atoms with van der Waals surface area (Å²) < 4.78 is 1.75. The minimum Gasteiger partial charge on any atom is -0.389 e. The lowest BCUT2D eigenvalue weighted by molar-refractivity contribution is -0.131. The molecule has 1 saturated heterocycles. The van der Waals surface area contributed by atoms with Crippen LogP contribution in [0.2, 0.25) is 0 Å². The number of para-hydroxylation sites is 1. The largest absolute Gasteiger partial charge is 0.389 e. The van der Waals surface area contributed by atoms with Crippen LogP contribution in [0.5, 0.6) is 0 Å². The average Bonchev–Trinajstić information content (AvgIpc) is 3.17. The average molecular weight is 426 g/mol. The SMILES string of the molecule is CC(=O)N1CCN([C@@H]2CCC[C@@H](NC(=O)c3cc(C)n(-c4ccccc4)n3)[C@H]2O)CC1. The van der Waals surface area contributed by atoms with Crippen LogP contribution in [0.1, 0.15) is 42.4 Å². The Kier molecular flexibility index (Phi) is 6.38. The number of nitrogens with zero attached hydrogens (tertiary/aromatic N) is 4. The van der Waals surface area contributed by atoms with Gasteiger partial charge in [-0.25, -0.2) is 4.68 Å². The summed E-state index contributed by atoms with van der Waals surface area (Å²) in [7, 11) is 0. The summed E-state index contributed by atoms with van der Waals surface area (Å²) in [5, 5.41) is 18.5. The van der Waals surface area contributed by atoms with E-state index in [9.17, 15) is 14.7 Å². The van der Waals surface area contributed by atoms with Crippen molar-refractivity contribution < 1.29 is 14.7 Å². The van der Waals surface area contributed by atoms with Crippen LogP contribution in [-0.2, 0) is 4.79 Å². The zero-order valence-electron chi connectivity index (χ0n) is 18.2. The molecule has 31 heavy (non-hydrogen) atoms. The molecule has 2 fully saturated rings. The fourth-order valence-corrected chi connectivity index (χ4v) is 4.74. The number of aliphatic hydroxyl groups excluding tert-OH is 1. The van der Waals surface area contributed by atoms with Gasteiger partial charge in [0.15, 0.2) is 5.69 Å². The monoisotopic (exact) mass is 425 g/mol. The standard InChI is InChI=1S/C23H31N5O3/c1-16-15-20(25-28(16)18-7-4-3-5-8-18)23(31)24-19-9-6-10-21(22(19)30)27-13-11-26(12-14-27)17(2)29/h3-5,7-8,15,19,21-22,30H,6,9-14H2,1-2H3,(H,24,31)/t19-,21-,22-/m1/s1. The van der Waals surface area contributed by atoms with Gasteiger partial charge in [0.25, 0.3) is 5.91 Å². The van der Waals surface area contributed by atoms with Crippen molar-refractivity contribution in [2.75, 3.05) is 26.2 Å². The summed E-state index contributed by atoms with van der Waals surface area (Å²) in [6.07, 6.45) is 1.95. The Morgan fingerprint density at radius 2 is 1.81 bits per heavy atom. The number of rotatable bonds is 4. The first kappa shape index (κ1) is 21.5. The second-order valence-electron chi connectivity index (χ2n) is 8.53. The van der Waals surface area contributed by atoms with Crippen molar-refractivity contribution in [1.82, 2.24) is 24.9 Å². The number of carbonyl (C=O) groups is 2. The first-order valence-electron chi connectivity index (χ1n) is 11.0. The predicted octanol–water partition coefficient (Wildman–Crippen LogP) is 1.36. The molecule has 1 saturated carbocycles. The van der Waals surface area contributed by atoms with Gasteiger partial charge in [-0.2, -0.15) is 5.10 Å². The molecule has 0 spiro atoms. The van der Waals surface area contributed by atoms with Crippen molar-refractivity contribution >= 4 is 11.8 Å². The van der Waals surface area contributed by atoms with E-state index in [1.807, 2.05) is 42.2 Å². The van der Waals surface area contributed by atoms with E-state index in [0.717, 1.165) is 43.7 Å². The highest BCUT2D eigenvalue weighted by Crippen LogP contribution is 2.25. The number of carbonyl (C=O) groups excluding carboxylic acids is 2. The third kappa shape index (κ3) is 4.65. The van der Waals surface area contributed by atoms with Crippen LogP contribution in [0.25, 0.3) is 5.69 Å². The van der Waals surface area contributed by atoms with Crippen LogP contribution in [0.4, 0.5) is 0 Å². The molecule has 2 amide bonds. The minimum atomic E-state index is -0.640. The molecule has 0 radical (unpaired) electrons. The highest BCUT2D eigenvalue weighted by atomic mass is 16.3. The number of piperazine rings is 1. The van der Waals surface area contributed by atoms with Gasteiger partial charge < -0.3 is 15.3 Å². The molecule has 0 bridgehead atoms. The van der Waals surface area contributed by atoms with Gasteiger partial charge in [-0.3, -0.25) is 14.5 Å². The van der Waals surface area contributed by atoms with Gasteiger partial charge in [0.1, 0.15) is 0 Å². The molecule has 1 aromatic carbocycles. The van der Waals surface area contributed by atoms with E-state index >= 15 is 0 Å². The van der Waals surface area contributed by atoms with Crippen LogP contribution >= 0.6 is 0 Å². The number of hydrogen-bond donors (Lipinski definition) is 2. The van der Waals surface area contributed by atoms with Crippen molar-refractivity contribution in [2.24, 2.45) is 0 Å². The molecular formula is C23H31N5O3. The first-order valence-corrected chi connectivity index (χ1v) is 11.0. The maximum atomic E-state index is 12.9. The molecule has 1 aromatic heterocycles. The van der Waals surface area contributed by atoms with Gasteiger partial charge in [-0.05, 0) is 44.4 Å². The van der Waals surface area contributed by atoms with Gasteiger partial charge in [0.05, 0.1) is 17.8 Å². The van der Waals surface area contributed by atoms with Crippen molar-refractivity contribution in [2.45, 2.75) is 51.3 Å². The van der Waals surface area contributed by atoms with Gasteiger partial charge in [0, 0.05) is 44.8 Å². The maximum absolute atomic E-state index is 12.9. The summed E-state index contributed by atoms with van der Waals surface area (Å²) in [6.45, 7) is 6.39. The first-order chi connectivity index (χ1) is 14.9. The number of nitrogens with one attached hydrogen (secondary N) is 1. The third-order valence-corrected chi connectivity index (χ3v) is 6.49. The van der Waals surface area contributed by atoms with Gasteiger partial charge in [-0.15, -0.1) is 0 Å². The molecule has 2 heterocycles. The highest BCUT2D eigenvalue weighted by Gasteiger charge is 2.37. The third-order valence-electron chi connectivity index (χ3n) is 6.49. The second kappa shape index (κ2) is 9.20. The molecule has 8 nitrogen and oxygen atoms in total. The van der Waals surface area contributed by atoms with Crippen LogP contribution < -0.4 is 5.32 Å². The lowest BCUT2D eigenvalue weighted by Gasteiger charge is -2.44. The summed E-state index contributed by atoms with van der Waals surface area (Å²) in [4.78, 5) is 28.6. The molecule has 1 aliphatic carbocycles. The second-order valence-corrected chi connectivity index (χ2v) is 8.53. The molecule has 4 rings (SSSR count). The van der Waals surface area contributed by atoms with Crippen molar-refractivity contribution in [1.29, 1.82) is 0 Å². The van der Waals surface area contributed by atoms with Gasteiger partial charge >= 0.3 is 0 Å². The number of benzene rings is 1. The fraction of sp³-hybridized carbons (Fsp3) is 0.522. The molecule has 8 heteroatoms. The summed E-state index contributed by atoms with van der Waals surface area (Å²) in [5.74, 6) is -0.164. The molecule has 0 unspecified atom stereocenters. The van der Waals surface area contributed by atoms with Crippen molar-refractivity contribution in [3.8, 4) is 5.69 Å². The fourth-order valence-electron chi connectivity index (χ4n) is 4.74. The Balaban J connectivity index is 1.40. The number of aromatic nitrogens is 2. The zero-order valence-corrected chi connectivity index (χ0v) is 18.2. The van der Waals surface area contributed by atoms with Crippen molar-refractivity contribution in [3.63, 3.8) is 0 Å². The molecule has 2 N–H and O–H groups in total. The maximum Gasteiger partial charge on any atom is 0.272 e. The highest BCUT2D eigenvalue weighted by molar-refractivity contribution is 5.92. The number of amides is 2.